The summed E-state index contributed by atoms with van der Waals surface area (Å²) >= 11 is 0. The van der Waals surface area contributed by atoms with Crippen LogP contribution in [0.1, 0.15) is 34.1 Å². The fraction of sp³-hybridized carbons (Fsp3) is 0.778. The number of urea groups is 1. The van der Waals surface area contributed by atoms with Crippen LogP contribution in [0.4, 0.5) is 4.79 Å². The maximum absolute atomic E-state index is 11.3. The van der Waals surface area contributed by atoms with Crippen LogP contribution in [0.15, 0.2) is 0 Å². The minimum absolute atomic E-state index is 0.131. The molecule has 0 spiro atoms. The molecule has 0 radical (unpaired) electrons. The lowest BCUT2D eigenvalue weighted by Crippen LogP contribution is -2.52. The number of nitrogens with two attached hydrogens (primary N) is 1. The summed E-state index contributed by atoms with van der Waals surface area (Å²) in [6, 6.07) is -1.25. The maximum atomic E-state index is 11.3. The lowest BCUT2D eigenvalue weighted by molar-refractivity contribution is -0.122. The summed E-state index contributed by atoms with van der Waals surface area (Å²) in [5.41, 5.74) is 4.70. The van der Waals surface area contributed by atoms with E-state index in [0.29, 0.717) is 0 Å². The SMILES string of the molecule is CCC(C)(C)NC(C)C(=O)NC(N)=O. The highest BCUT2D eigenvalue weighted by Crippen LogP contribution is 2.07. The number of nitrogens with one attached hydrogen (secondary N) is 2. The molecular formula is C9H19N3O2. The summed E-state index contributed by atoms with van der Waals surface area (Å²) in [6.45, 7) is 7.68. The summed E-state index contributed by atoms with van der Waals surface area (Å²) in [5.74, 6) is -0.404. The van der Waals surface area contributed by atoms with Gasteiger partial charge in [-0.2, -0.15) is 0 Å². The van der Waals surface area contributed by atoms with Gasteiger partial charge in [0.05, 0.1) is 6.04 Å². The van der Waals surface area contributed by atoms with Crippen molar-refractivity contribution in [2.45, 2.75) is 45.7 Å². The highest BCUT2D eigenvalue weighted by Gasteiger charge is 2.22. The van der Waals surface area contributed by atoms with Crippen LogP contribution in [0, 0.1) is 0 Å². The molecule has 1 atom stereocenters. The molecule has 14 heavy (non-hydrogen) atoms. The van der Waals surface area contributed by atoms with Crippen LogP contribution in [-0.4, -0.2) is 23.5 Å². The van der Waals surface area contributed by atoms with E-state index in [2.05, 4.69) is 5.32 Å². The molecule has 0 rings (SSSR count). The first-order valence-electron chi connectivity index (χ1n) is 4.66. The predicted molar refractivity (Wildman–Crippen MR) is 54.7 cm³/mol. The van der Waals surface area contributed by atoms with Gasteiger partial charge in [-0.3, -0.25) is 10.1 Å². The molecule has 0 bridgehead atoms. The molecule has 0 aliphatic heterocycles. The summed E-state index contributed by atoms with van der Waals surface area (Å²) < 4.78 is 0. The van der Waals surface area contributed by atoms with Crippen LogP contribution in [0.25, 0.3) is 0 Å². The van der Waals surface area contributed by atoms with Crippen LogP contribution in [-0.2, 0) is 4.79 Å². The number of hydrogen-bond acceptors (Lipinski definition) is 3. The van der Waals surface area contributed by atoms with Crippen molar-refractivity contribution in [1.29, 1.82) is 0 Å². The zero-order chi connectivity index (χ0) is 11.4. The second-order valence-corrected chi connectivity index (χ2v) is 3.96. The van der Waals surface area contributed by atoms with E-state index >= 15 is 0 Å². The maximum Gasteiger partial charge on any atom is 0.318 e. The summed E-state index contributed by atoms with van der Waals surface area (Å²) in [5, 5.41) is 5.12. The molecule has 0 aromatic rings. The van der Waals surface area contributed by atoms with Crippen molar-refractivity contribution in [3.8, 4) is 0 Å². The molecule has 0 fully saturated rings. The minimum atomic E-state index is -0.821. The van der Waals surface area contributed by atoms with E-state index in [1.54, 1.807) is 6.92 Å². The first-order valence-corrected chi connectivity index (χ1v) is 4.66. The number of carbonyl (C=O) groups is 2. The van der Waals surface area contributed by atoms with Gasteiger partial charge in [0, 0.05) is 5.54 Å². The number of imide groups is 1. The average Bonchev–Trinajstić information content (AvgIpc) is 2.02. The third-order valence-electron chi connectivity index (χ3n) is 2.13. The van der Waals surface area contributed by atoms with Gasteiger partial charge in [-0.05, 0) is 27.2 Å². The van der Waals surface area contributed by atoms with E-state index in [9.17, 15) is 9.59 Å². The summed E-state index contributed by atoms with van der Waals surface area (Å²) in [4.78, 5) is 21.7. The molecule has 82 valence electrons. The fourth-order valence-electron chi connectivity index (χ4n) is 0.983. The van der Waals surface area contributed by atoms with Gasteiger partial charge >= 0.3 is 6.03 Å². The quantitative estimate of drug-likeness (QED) is 0.613. The van der Waals surface area contributed by atoms with Gasteiger partial charge in [0.15, 0.2) is 0 Å². The Kier molecular flexibility index (Phi) is 4.56. The molecule has 3 amide bonds. The van der Waals surface area contributed by atoms with Crippen LogP contribution in [0.5, 0.6) is 0 Å². The number of primary amides is 1. The number of hydrogen-bond donors (Lipinski definition) is 3. The first-order chi connectivity index (χ1) is 6.28. The average molecular weight is 201 g/mol. The minimum Gasteiger partial charge on any atom is -0.351 e. The Morgan fingerprint density at radius 3 is 2.29 bits per heavy atom. The van der Waals surface area contributed by atoms with Crippen molar-refractivity contribution in [3.05, 3.63) is 0 Å². The van der Waals surface area contributed by atoms with Gasteiger partial charge < -0.3 is 11.1 Å². The van der Waals surface area contributed by atoms with Crippen LogP contribution < -0.4 is 16.4 Å². The topological polar surface area (TPSA) is 84.2 Å². The third-order valence-corrected chi connectivity index (χ3v) is 2.13. The number of amides is 3. The molecule has 0 aromatic carbocycles. The summed E-state index contributed by atoms with van der Waals surface area (Å²) in [6.07, 6.45) is 0.890. The highest BCUT2D eigenvalue weighted by atomic mass is 16.2. The van der Waals surface area contributed by atoms with Gasteiger partial charge in [-0.15, -0.1) is 0 Å². The second-order valence-electron chi connectivity index (χ2n) is 3.96. The van der Waals surface area contributed by atoms with Gasteiger partial charge in [0.25, 0.3) is 0 Å². The van der Waals surface area contributed by atoms with Gasteiger partial charge in [0.1, 0.15) is 0 Å². The Hall–Kier alpha value is -1.10. The van der Waals surface area contributed by atoms with Crippen LogP contribution in [0.2, 0.25) is 0 Å². The van der Waals surface area contributed by atoms with Crippen molar-refractivity contribution in [3.63, 3.8) is 0 Å². The third kappa shape index (κ3) is 4.81. The first kappa shape index (κ1) is 12.9. The van der Waals surface area contributed by atoms with Crippen LogP contribution >= 0.6 is 0 Å². The van der Waals surface area contributed by atoms with Crippen molar-refractivity contribution < 1.29 is 9.59 Å². The largest absolute Gasteiger partial charge is 0.351 e. The second kappa shape index (κ2) is 4.95. The fourth-order valence-corrected chi connectivity index (χ4v) is 0.983. The molecule has 0 saturated carbocycles. The molecule has 0 heterocycles. The summed E-state index contributed by atoms with van der Waals surface area (Å²) in [7, 11) is 0. The Bertz CT molecular complexity index is 226. The molecule has 5 nitrogen and oxygen atoms in total. The number of rotatable bonds is 4. The normalized spacial score (nSPS) is 13.4. The van der Waals surface area contributed by atoms with E-state index in [1.165, 1.54) is 0 Å². The molecule has 0 aliphatic carbocycles. The monoisotopic (exact) mass is 201 g/mol. The van der Waals surface area contributed by atoms with Gasteiger partial charge in [-0.1, -0.05) is 6.92 Å². The van der Waals surface area contributed by atoms with Crippen molar-refractivity contribution in [1.82, 2.24) is 10.6 Å². The zero-order valence-electron chi connectivity index (χ0n) is 9.18. The molecule has 0 aromatic heterocycles. The molecule has 0 aliphatic rings. The van der Waals surface area contributed by atoms with E-state index in [4.69, 9.17) is 5.73 Å². The lowest BCUT2D eigenvalue weighted by atomic mass is 10.0. The molecule has 1 unspecified atom stereocenters. The van der Waals surface area contributed by atoms with Crippen molar-refractivity contribution >= 4 is 11.9 Å². The van der Waals surface area contributed by atoms with Crippen molar-refractivity contribution in [2.75, 3.05) is 0 Å². The van der Waals surface area contributed by atoms with E-state index in [1.807, 2.05) is 26.1 Å². The molecule has 0 saturated heterocycles. The smallest absolute Gasteiger partial charge is 0.318 e. The van der Waals surface area contributed by atoms with E-state index < -0.39 is 18.0 Å². The van der Waals surface area contributed by atoms with Crippen molar-refractivity contribution in [2.24, 2.45) is 5.73 Å². The molecular weight excluding hydrogens is 182 g/mol. The predicted octanol–water partition coefficient (Wildman–Crippen LogP) is 0.348. The Labute approximate surface area is 84.4 Å². The number of carbonyl (C=O) groups excluding carboxylic acids is 2. The Morgan fingerprint density at radius 2 is 1.93 bits per heavy atom. The lowest BCUT2D eigenvalue weighted by Gasteiger charge is -2.28. The zero-order valence-corrected chi connectivity index (χ0v) is 9.18. The van der Waals surface area contributed by atoms with E-state index in [0.717, 1.165) is 6.42 Å². The van der Waals surface area contributed by atoms with Gasteiger partial charge in [0.2, 0.25) is 5.91 Å². The van der Waals surface area contributed by atoms with E-state index in [-0.39, 0.29) is 5.54 Å². The van der Waals surface area contributed by atoms with Crippen LogP contribution in [0.3, 0.4) is 0 Å². The Balaban J connectivity index is 4.14. The highest BCUT2D eigenvalue weighted by molar-refractivity contribution is 5.96. The Morgan fingerprint density at radius 1 is 1.43 bits per heavy atom. The van der Waals surface area contributed by atoms with Gasteiger partial charge in [-0.25, -0.2) is 4.79 Å². The standard InChI is InChI=1S/C9H19N3O2/c1-5-9(3,4)12-6(2)7(13)11-8(10)14/h6,12H,5H2,1-4H3,(H3,10,11,13,14). The molecule has 4 N–H and O–H groups in total. The molecule has 5 heteroatoms.